The third-order valence-electron chi connectivity index (χ3n) is 4.67. The highest BCUT2D eigenvalue weighted by atomic mass is 19.4. The van der Waals surface area contributed by atoms with Gasteiger partial charge in [-0.1, -0.05) is 30.3 Å². The molecule has 2 unspecified atom stereocenters. The lowest BCUT2D eigenvalue weighted by atomic mass is 10.2. The van der Waals surface area contributed by atoms with E-state index in [9.17, 15) is 18.0 Å². The number of hydrogen-bond acceptors (Lipinski definition) is 5. The highest BCUT2D eigenvalue weighted by molar-refractivity contribution is 5.74. The Balaban J connectivity index is 1.43. The Bertz CT molecular complexity index is 1030. The van der Waals surface area contributed by atoms with Gasteiger partial charge in [0.15, 0.2) is 6.10 Å². The van der Waals surface area contributed by atoms with Crippen molar-refractivity contribution in [1.82, 2.24) is 0 Å². The van der Waals surface area contributed by atoms with Gasteiger partial charge in [0.1, 0.15) is 23.4 Å². The van der Waals surface area contributed by atoms with Crippen LogP contribution in [0, 0.1) is 0 Å². The van der Waals surface area contributed by atoms with Gasteiger partial charge in [-0.3, -0.25) is 0 Å². The topological polar surface area (TPSA) is 54.0 Å². The average molecular weight is 474 g/mol. The van der Waals surface area contributed by atoms with E-state index in [2.05, 4.69) is 0 Å². The summed E-state index contributed by atoms with van der Waals surface area (Å²) in [5.41, 5.74) is 0.282. The number of benzene rings is 3. The Morgan fingerprint density at radius 1 is 0.824 bits per heavy atom. The predicted octanol–water partition coefficient (Wildman–Crippen LogP) is 6.41. The van der Waals surface area contributed by atoms with Crippen molar-refractivity contribution in [2.45, 2.75) is 38.8 Å². The lowest BCUT2D eigenvalue weighted by Gasteiger charge is -2.18. The Kier molecular flexibility index (Phi) is 8.54. The van der Waals surface area contributed by atoms with Gasteiger partial charge < -0.3 is 18.9 Å². The van der Waals surface area contributed by atoms with Crippen LogP contribution in [0.5, 0.6) is 17.2 Å². The third kappa shape index (κ3) is 7.81. The van der Waals surface area contributed by atoms with Gasteiger partial charge >= 0.3 is 12.1 Å². The number of hydrogen-bond donors (Lipinski definition) is 0. The van der Waals surface area contributed by atoms with Crippen LogP contribution in [0.25, 0.3) is 0 Å². The molecule has 0 N–H and O–H groups in total. The lowest BCUT2D eigenvalue weighted by molar-refractivity contribution is -0.158. The molecule has 0 saturated heterocycles. The van der Waals surface area contributed by atoms with Crippen molar-refractivity contribution in [3.63, 3.8) is 0 Å². The van der Waals surface area contributed by atoms with Gasteiger partial charge in [0, 0.05) is 0 Å². The molecule has 2 atom stereocenters. The Hall–Kier alpha value is -3.52. The SMILES string of the molecule is CC(COCc1ccccc1)OC(=O)C(C)Oc1ccc(Oc2ccc(C(F)(F)F)cc2)cc1. The van der Waals surface area contributed by atoms with Crippen LogP contribution in [0.1, 0.15) is 25.0 Å². The van der Waals surface area contributed by atoms with E-state index < -0.39 is 29.9 Å². The molecule has 8 heteroatoms. The first-order valence-electron chi connectivity index (χ1n) is 10.6. The smallest absolute Gasteiger partial charge is 0.416 e. The van der Waals surface area contributed by atoms with Crippen LogP contribution in [0.15, 0.2) is 78.9 Å². The van der Waals surface area contributed by atoms with Gasteiger partial charge in [-0.25, -0.2) is 4.79 Å². The Morgan fingerprint density at radius 2 is 1.38 bits per heavy atom. The first-order chi connectivity index (χ1) is 16.2. The van der Waals surface area contributed by atoms with Gasteiger partial charge in [0.25, 0.3) is 0 Å². The minimum atomic E-state index is -4.40. The lowest BCUT2D eigenvalue weighted by Crippen LogP contribution is -2.31. The highest BCUT2D eigenvalue weighted by Crippen LogP contribution is 2.31. The van der Waals surface area contributed by atoms with Gasteiger partial charge in [-0.2, -0.15) is 13.2 Å². The van der Waals surface area contributed by atoms with E-state index in [1.54, 1.807) is 38.1 Å². The molecule has 180 valence electrons. The molecule has 0 saturated carbocycles. The van der Waals surface area contributed by atoms with E-state index in [4.69, 9.17) is 18.9 Å². The van der Waals surface area contributed by atoms with Crippen LogP contribution < -0.4 is 9.47 Å². The zero-order valence-corrected chi connectivity index (χ0v) is 18.7. The summed E-state index contributed by atoms with van der Waals surface area (Å²) in [6.45, 7) is 3.99. The molecule has 0 fully saturated rings. The number of carbonyl (C=O) groups excluding carboxylic acids is 1. The molecule has 0 bridgehead atoms. The van der Waals surface area contributed by atoms with Crippen LogP contribution in [0.2, 0.25) is 0 Å². The molecule has 0 heterocycles. The molecule has 0 aliphatic rings. The summed E-state index contributed by atoms with van der Waals surface area (Å²) >= 11 is 0. The number of halogens is 3. The molecular formula is C26H25F3O5. The average Bonchev–Trinajstić information content (AvgIpc) is 2.81. The predicted molar refractivity (Wildman–Crippen MR) is 120 cm³/mol. The molecule has 0 amide bonds. The number of ether oxygens (including phenoxy) is 4. The maximum absolute atomic E-state index is 12.6. The van der Waals surface area contributed by atoms with Crippen molar-refractivity contribution in [3.05, 3.63) is 90.0 Å². The summed E-state index contributed by atoms with van der Waals surface area (Å²) in [5, 5.41) is 0. The summed E-state index contributed by atoms with van der Waals surface area (Å²) in [6.07, 6.45) is -5.69. The zero-order chi connectivity index (χ0) is 24.6. The second-order valence-electron chi connectivity index (χ2n) is 7.60. The first-order valence-corrected chi connectivity index (χ1v) is 10.6. The fraction of sp³-hybridized carbons (Fsp3) is 0.269. The van der Waals surface area contributed by atoms with E-state index in [0.29, 0.717) is 18.1 Å². The molecule has 3 rings (SSSR count). The van der Waals surface area contributed by atoms with Crippen LogP contribution in [0.4, 0.5) is 13.2 Å². The minimum Gasteiger partial charge on any atom is -0.479 e. The molecular weight excluding hydrogens is 449 g/mol. The largest absolute Gasteiger partial charge is 0.479 e. The zero-order valence-electron chi connectivity index (χ0n) is 18.7. The normalized spacial score (nSPS) is 13.1. The van der Waals surface area contributed by atoms with Crippen molar-refractivity contribution in [2.24, 2.45) is 0 Å². The number of esters is 1. The molecule has 34 heavy (non-hydrogen) atoms. The molecule has 0 aliphatic carbocycles. The fourth-order valence-electron chi connectivity index (χ4n) is 2.93. The monoisotopic (exact) mass is 474 g/mol. The van der Waals surface area contributed by atoms with Gasteiger partial charge in [0.05, 0.1) is 18.8 Å². The summed E-state index contributed by atoms with van der Waals surface area (Å²) in [7, 11) is 0. The van der Waals surface area contributed by atoms with Gasteiger partial charge in [0.2, 0.25) is 0 Å². The third-order valence-corrected chi connectivity index (χ3v) is 4.67. The number of alkyl halides is 3. The molecule has 3 aromatic carbocycles. The maximum Gasteiger partial charge on any atom is 0.416 e. The molecule has 3 aromatic rings. The van der Waals surface area contributed by atoms with Crippen molar-refractivity contribution >= 4 is 5.97 Å². The van der Waals surface area contributed by atoms with Crippen molar-refractivity contribution < 1.29 is 36.9 Å². The fourth-order valence-corrected chi connectivity index (χ4v) is 2.93. The maximum atomic E-state index is 12.6. The molecule has 0 spiro atoms. The van der Waals surface area contributed by atoms with Crippen molar-refractivity contribution in [1.29, 1.82) is 0 Å². The molecule has 5 nitrogen and oxygen atoms in total. The standard InChI is InChI=1S/C26H25F3O5/c1-18(16-31-17-20-6-4-3-5-7-20)32-25(30)19(2)33-22-12-14-24(15-13-22)34-23-10-8-21(9-11-23)26(27,28)29/h3-15,18-19H,16-17H2,1-2H3. The molecule has 0 aliphatic heterocycles. The van der Waals surface area contributed by atoms with Gasteiger partial charge in [-0.15, -0.1) is 0 Å². The summed E-state index contributed by atoms with van der Waals surface area (Å²) in [6, 6.07) is 20.4. The number of carbonyl (C=O) groups is 1. The highest BCUT2D eigenvalue weighted by Gasteiger charge is 2.30. The second kappa shape index (κ2) is 11.6. The molecule has 0 radical (unpaired) electrons. The van der Waals surface area contributed by atoms with Crippen LogP contribution >= 0.6 is 0 Å². The van der Waals surface area contributed by atoms with E-state index >= 15 is 0 Å². The van der Waals surface area contributed by atoms with Gasteiger partial charge in [-0.05, 0) is 67.9 Å². The van der Waals surface area contributed by atoms with Crippen LogP contribution in [-0.4, -0.2) is 24.8 Å². The van der Waals surface area contributed by atoms with E-state index in [0.717, 1.165) is 17.7 Å². The second-order valence-corrected chi connectivity index (χ2v) is 7.60. The van der Waals surface area contributed by atoms with Crippen molar-refractivity contribution in [3.8, 4) is 17.2 Å². The Morgan fingerprint density at radius 3 is 1.97 bits per heavy atom. The molecule has 0 aromatic heterocycles. The Labute approximate surface area is 196 Å². The first kappa shape index (κ1) is 25.1. The van der Waals surface area contributed by atoms with Crippen LogP contribution in [-0.2, 0) is 27.1 Å². The number of rotatable bonds is 10. The quantitative estimate of drug-likeness (QED) is 0.318. The van der Waals surface area contributed by atoms with E-state index in [1.165, 1.54) is 12.1 Å². The summed E-state index contributed by atoms with van der Waals surface area (Å²) < 4.78 is 60.0. The summed E-state index contributed by atoms with van der Waals surface area (Å²) in [4.78, 5) is 12.3. The van der Waals surface area contributed by atoms with E-state index in [1.807, 2.05) is 30.3 Å². The van der Waals surface area contributed by atoms with Crippen LogP contribution in [0.3, 0.4) is 0 Å². The minimum absolute atomic E-state index is 0.253. The summed E-state index contributed by atoms with van der Waals surface area (Å²) in [5.74, 6) is 0.562. The van der Waals surface area contributed by atoms with E-state index in [-0.39, 0.29) is 12.4 Å². The van der Waals surface area contributed by atoms with Crippen molar-refractivity contribution in [2.75, 3.05) is 6.61 Å².